The Morgan fingerprint density at radius 3 is 1.67 bits per heavy atom. The summed E-state index contributed by atoms with van der Waals surface area (Å²) in [5, 5.41) is -0.674. The highest BCUT2D eigenvalue weighted by Crippen LogP contribution is 1.93. The van der Waals surface area contributed by atoms with Crippen molar-refractivity contribution in [3.05, 3.63) is 0 Å². The van der Waals surface area contributed by atoms with Crippen molar-refractivity contribution in [2.45, 2.75) is 19.1 Å². The molecule has 0 saturated carbocycles. The molecule has 0 aromatic heterocycles. The summed E-state index contributed by atoms with van der Waals surface area (Å²) in [5.41, 5.74) is 0. The lowest BCUT2D eigenvalue weighted by molar-refractivity contribution is 0.555. The van der Waals surface area contributed by atoms with Gasteiger partial charge in [-0.3, -0.25) is 0 Å². The standard InChI is InChI=1S/C4H12N2O4S2/c1-4(2)12(9,10)6-5-11(3,7)8/h4-6H,1-3H3. The first kappa shape index (κ1) is 11.8. The van der Waals surface area contributed by atoms with Crippen molar-refractivity contribution in [1.29, 1.82) is 0 Å². The molecule has 0 aromatic rings. The lowest BCUT2D eigenvalue weighted by Gasteiger charge is -2.08. The van der Waals surface area contributed by atoms with Crippen LogP contribution in [0.3, 0.4) is 0 Å². The molecule has 0 aliphatic heterocycles. The highest BCUT2D eigenvalue weighted by atomic mass is 32.2. The van der Waals surface area contributed by atoms with Gasteiger partial charge >= 0.3 is 0 Å². The third-order valence-electron chi connectivity index (χ3n) is 0.990. The summed E-state index contributed by atoms with van der Waals surface area (Å²) in [4.78, 5) is 3.41. The molecule has 0 bridgehead atoms. The smallest absolute Gasteiger partial charge is 0.211 e. The van der Waals surface area contributed by atoms with Gasteiger partial charge in [0.2, 0.25) is 20.0 Å². The largest absolute Gasteiger partial charge is 0.227 e. The molecule has 0 saturated heterocycles. The zero-order valence-corrected chi connectivity index (χ0v) is 8.66. The van der Waals surface area contributed by atoms with E-state index in [1.165, 1.54) is 13.8 Å². The summed E-state index contributed by atoms with van der Waals surface area (Å²) < 4.78 is 42.8. The second kappa shape index (κ2) is 3.69. The molecule has 0 fully saturated rings. The van der Waals surface area contributed by atoms with Gasteiger partial charge in [-0.2, -0.15) is 0 Å². The molecule has 8 heteroatoms. The van der Waals surface area contributed by atoms with Crippen LogP contribution in [-0.2, 0) is 20.0 Å². The third-order valence-corrected chi connectivity index (χ3v) is 3.22. The molecule has 6 nitrogen and oxygen atoms in total. The number of hydrazine groups is 1. The minimum Gasteiger partial charge on any atom is -0.211 e. The fourth-order valence-electron chi connectivity index (χ4n) is 0.252. The van der Waals surface area contributed by atoms with Crippen molar-refractivity contribution in [2.75, 3.05) is 6.26 Å². The molecule has 0 atom stereocenters. The van der Waals surface area contributed by atoms with E-state index in [9.17, 15) is 16.8 Å². The maximum absolute atomic E-state index is 10.9. The molecule has 0 rings (SSSR count). The van der Waals surface area contributed by atoms with Gasteiger partial charge in [0.05, 0.1) is 11.5 Å². The quantitative estimate of drug-likeness (QED) is 0.576. The van der Waals surface area contributed by atoms with E-state index in [-0.39, 0.29) is 0 Å². The molecule has 0 amide bonds. The van der Waals surface area contributed by atoms with Gasteiger partial charge < -0.3 is 0 Å². The minimum absolute atomic E-state index is 0.674. The highest BCUT2D eigenvalue weighted by Gasteiger charge is 2.16. The van der Waals surface area contributed by atoms with Crippen LogP contribution in [0.4, 0.5) is 0 Å². The number of sulfonamides is 2. The topological polar surface area (TPSA) is 92.3 Å². The summed E-state index contributed by atoms with van der Waals surface area (Å²) in [6, 6.07) is 0. The van der Waals surface area contributed by atoms with Crippen LogP contribution in [-0.4, -0.2) is 28.3 Å². The lowest BCUT2D eigenvalue weighted by atomic mass is 10.6. The van der Waals surface area contributed by atoms with E-state index in [0.717, 1.165) is 6.26 Å². The van der Waals surface area contributed by atoms with Crippen molar-refractivity contribution in [3.8, 4) is 0 Å². The molecule has 0 heterocycles. The fraction of sp³-hybridized carbons (Fsp3) is 1.00. The Bertz CT molecular complexity index is 328. The van der Waals surface area contributed by atoms with Crippen LogP contribution in [0.25, 0.3) is 0 Å². The zero-order chi connectivity index (χ0) is 9.99. The molecule has 0 radical (unpaired) electrons. The van der Waals surface area contributed by atoms with Gasteiger partial charge in [0.1, 0.15) is 0 Å². The SMILES string of the molecule is CC(C)S(=O)(=O)NNS(C)(=O)=O. The first-order chi connectivity index (χ1) is 5.15. The second-order valence-electron chi connectivity index (χ2n) is 2.57. The monoisotopic (exact) mass is 216 g/mol. The molecule has 0 aliphatic rings. The molecule has 0 aliphatic carbocycles. The van der Waals surface area contributed by atoms with Gasteiger partial charge in [0.25, 0.3) is 0 Å². The van der Waals surface area contributed by atoms with Gasteiger partial charge in [-0.1, -0.05) is 0 Å². The van der Waals surface area contributed by atoms with Crippen LogP contribution in [0.1, 0.15) is 13.8 Å². The van der Waals surface area contributed by atoms with E-state index < -0.39 is 25.3 Å². The Labute approximate surface area is 72.4 Å². The average molecular weight is 216 g/mol. The summed E-state index contributed by atoms with van der Waals surface area (Å²) in [6.45, 7) is 2.87. The number of hydrogen-bond donors (Lipinski definition) is 2. The maximum atomic E-state index is 10.9. The Morgan fingerprint density at radius 2 is 1.42 bits per heavy atom. The van der Waals surface area contributed by atoms with Crippen molar-refractivity contribution < 1.29 is 16.8 Å². The van der Waals surface area contributed by atoms with Gasteiger partial charge in [-0.15, -0.1) is 9.66 Å². The normalized spacial score (nSPS) is 13.7. The Hall–Kier alpha value is -0.180. The van der Waals surface area contributed by atoms with Gasteiger partial charge in [-0.25, -0.2) is 16.8 Å². The molecule has 0 spiro atoms. The van der Waals surface area contributed by atoms with Crippen LogP contribution >= 0.6 is 0 Å². The van der Waals surface area contributed by atoms with E-state index in [4.69, 9.17) is 0 Å². The third kappa shape index (κ3) is 4.65. The fourth-order valence-corrected chi connectivity index (χ4v) is 1.56. The highest BCUT2D eigenvalue weighted by molar-refractivity contribution is 7.92. The van der Waals surface area contributed by atoms with Crippen LogP contribution in [0.15, 0.2) is 0 Å². The van der Waals surface area contributed by atoms with Crippen LogP contribution < -0.4 is 9.66 Å². The van der Waals surface area contributed by atoms with Crippen molar-refractivity contribution in [3.63, 3.8) is 0 Å². The summed E-state index contributed by atoms with van der Waals surface area (Å²) in [5.74, 6) is 0. The number of hydrogen-bond acceptors (Lipinski definition) is 4. The van der Waals surface area contributed by atoms with Crippen LogP contribution in [0.2, 0.25) is 0 Å². The molecular weight excluding hydrogens is 204 g/mol. The van der Waals surface area contributed by atoms with E-state index in [1.54, 1.807) is 9.66 Å². The molecule has 0 unspecified atom stereocenters. The number of nitrogens with one attached hydrogen (secondary N) is 2. The summed E-state index contributed by atoms with van der Waals surface area (Å²) >= 11 is 0. The van der Waals surface area contributed by atoms with Crippen LogP contribution in [0, 0.1) is 0 Å². The predicted molar refractivity (Wildman–Crippen MR) is 45.2 cm³/mol. The molecule has 2 N–H and O–H groups in total. The predicted octanol–water partition coefficient (Wildman–Crippen LogP) is -1.22. The second-order valence-corrected chi connectivity index (χ2v) is 6.56. The first-order valence-electron chi connectivity index (χ1n) is 3.12. The Kier molecular flexibility index (Phi) is 3.63. The van der Waals surface area contributed by atoms with Crippen molar-refractivity contribution in [1.82, 2.24) is 9.66 Å². The summed E-state index contributed by atoms with van der Waals surface area (Å²) in [7, 11) is -7.10. The molecule has 0 aromatic carbocycles. The molecule has 12 heavy (non-hydrogen) atoms. The first-order valence-corrected chi connectivity index (χ1v) is 6.56. The lowest BCUT2D eigenvalue weighted by Crippen LogP contribution is -2.43. The average Bonchev–Trinajstić information content (AvgIpc) is 1.82. The van der Waals surface area contributed by atoms with E-state index >= 15 is 0 Å². The van der Waals surface area contributed by atoms with E-state index in [2.05, 4.69) is 0 Å². The van der Waals surface area contributed by atoms with Gasteiger partial charge in [0.15, 0.2) is 0 Å². The van der Waals surface area contributed by atoms with Gasteiger partial charge in [-0.05, 0) is 13.8 Å². The number of rotatable bonds is 4. The van der Waals surface area contributed by atoms with Crippen molar-refractivity contribution >= 4 is 20.0 Å². The minimum atomic E-state index is -3.57. The molecule has 74 valence electrons. The zero-order valence-electron chi connectivity index (χ0n) is 7.03. The van der Waals surface area contributed by atoms with Gasteiger partial charge in [0, 0.05) is 0 Å². The van der Waals surface area contributed by atoms with E-state index in [0.29, 0.717) is 0 Å². The van der Waals surface area contributed by atoms with E-state index in [1.807, 2.05) is 0 Å². The summed E-state index contributed by atoms with van der Waals surface area (Å²) in [6.07, 6.45) is 0.857. The Morgan fingerprint density at radius 1 is 1.00 bits per heavy atom. The van der Waals surface area contributed by atoms with Crippen LogP contribution in [0.5, 0.6) is 0 Å². The molecular formula is C4H12N2O4S2. The maximum Gasteiger partial charge on any atom is 0.227 e. The van der Waals surface area contributed by atoms with Crippen molar-refractivity contribution in [2.24, 2.45) is 0 Å². The Balaban J connectivity index is 4.32.